The van der Waals surface area contributed by atoms with Gasteiger partial charge in [-0.05, 0) is 44.4 Å². The van der Waals surface area contributed by atoms with Crippen molar-refractivity contribution in [2.75, 3.05) is 6.61 Å². The lowest BCUT2D eigenvalue weighted by Crippen LogP contribution is -2.05. The van der Waals surface area contributed by atoms with Crippen LogP contribution in [0.1, 0.15) is 303 Å². The highest BCUT2D eigenvalue weighted by Crippen LogP contribution is 2.18. The first-order valence-corrected chi connectivity index (χ1v) is 25.5. The molecular formula is C52H102O2. The van der Waals surface area contributed by atoms with Crippen molar-refractivity contribution in [2.45, 2.75) is 303 Å². The SMILES string of the molecule is CCCCCCCC/C=C\CCCCCCCC(=O)OCCCCCCCCCCCCCCCCCCCCCCCCCCCCCCC(C)CC. The van der Waals surface area contributed by atoms with E-state index in [9.17, 15) is 4.79 Å². The number of unbranched alkanes of at least 4 members (excludes halogenated alkanes) is 38. The average Bonchev–Trinajstić information content (AvgIpc) is 3.18. The summed E-state index contributed by atoms with van der Waals surface area (Å²) in [6.07, 6.45) is 64.9. The van der Waals surface area contributed by atoms with Crippen molar-refractivity contribution in [1.29, 1.82) is 0 Å². The van der Waals surface area contributed by atoms with E-state index in [2.05, 4.69) is 32.9 Å². The molecule has 0 heterocycles. The van der Waals surface area contributed by atoms with Gasteiger partial charge in [0.15, 0.2) is 0 Å². The van der Waals surface area contributed by atoms with Gasteiger partial charge in [0.05, 0.1) is 6.61 Å². The summed E-state index contributed by atoms with van der Waals surface area (Å²) in [5.41, 5.74) is 0. The van der Waals surface area contributed by atoms with Crippen molar-refractivity contribution in [3.05, 3.63) is 12.2 Å². The fourth-order valence-corrected chi connectivity index (χ4v) is 7.99. The van der Waals surface area contributed by atoms with Crippen LogP contribution in [0.3, 0.4) is 0 Å². The highest BCUT2D eigenvalue weighted by atomic mass is 16.5. The molecular weight excluding hydrogens is 657 g/mol. The van der Waals surface area contributed by atoms with Gasteiger partial charge in [0, 0.05) is 6.42 Å². The molecule has 0 amide bonds. The molecule has 0 aliphatic heterocycles. The molecule has 0 aromatic carbocycles. The number of allylic oxidation sites excluding steroid dienone is 2. The van der Waals surface area contributed by atoms with Gasteiger partial charge in [0.25, 0.3) is 0 Å². The zero-order chi connectivity index (χ0) is 39.1. The number of rotatable bonds is 47. The third-order valence-corrected chi connectivity index (χ3v) is 12.2. The molecule has 0 aromatic rings. The van der Waals surface area contributed by atoms with Crippen LogP contribution in [0.4, 0.5) is 0 Å². The summed E-state index contributed by atoms with van der Waals surface area (Å²) in [4.78, 5) is 12.0. The van der Waals surface area contributed by atoms with Crippen LogP contribution in [0.15, 0.2) is 12.2 Å². The summed E-state index contributed by atoms with van der Waals surface area (Å²) in [5, 5.41) is 0. The van der Waals surface area contributed by atoms with Crippen molar-refractivity contribution in [1.82, 2.24) is 0 Å². The minimum absolute atomic E-state index is 0.0214. The minimum Gasteiger partial charge on any atom is -0.466 e. The molecule has 322 valence electrons. The van der Waals surface area contributed by atoms with Crippen molar-refractivity contribution < 1.29 is 9.53 Å². The van der Waals surface area contributed by atoms with Crippen molar-refractivity contribution in [3.8, 4) is 0 Å². The van der Waals surface area contributed by atoms with E-state index in [4.69, 9.17) is 4.74 Å². The molecule has 0 saturated carbocycles. The van der Waals surface area contributed by atoms with Crippen molar-refractivity contribution in [3.63, 3.8) is 0 Å². The smallest absolute Gasteiger partial charge is 0.305 e. The lowest BCUT2D eigenvalue weighted by Gasteiger charge is -2.07. The minimum atomic E-state index is 0.0214. The largest absolute Gasteiger partial charge is 0.466 e. The number of hydrogen-bond acceptors (Lipinski definition) is 2. The predicted molar refractivity (Wildman–Crippen MR) is 244 cm³/mol. The zero-order valence-electron chi connectivity index (χ0n) is 37.9. The highest BCUT2D eigenvalue weighted by Gasteiger charge is 2.03. The Morgan fingerprint density at radius 2 is 0.685 bits per heavy atom. The molecule has 54 heavy (non-hydrogen) atoms. The van der Waals surface area contributed by atoms with E-state index < -0.39 is 0 Å². The molecule has 0 aliphatic rings. The molecule has 0 bridgehead atoms. The fraction of sp³-hybridized carbons (Fsp3) is 0.942. The van der Waals surface area contributed by atoms with Gasteiger partial charge in [-0.25, -0.2) is 0 Å². The molecule has 0 aliphatic carbocycles. The van der Waals surface area contributed by atoms with Crippen LogP contribution in [0.5, 0.6) is 0 Å². The normalized spacial score (nSPS) is 12.3. The first-order chi connectivity index (χ1) is 26.7. The molecule has 0 aromatic heterocycles. The summed E-state index contributed by atoms with van der Waals surface area (Å²) >= 11 is 0. The maximum absolute atomic E-state index is 12.0. The maximum atomic E-state index is 12.0. The second-order valence-electron chi connectivity index (χ2n) is 17.8. The third-order valence-electron chi connectivity index (χ3n) is 12.2. The van der Waals surface area contributed by atoms with Gasteiger partial charge in [-0.1, -0.05) is 270 Å². The van der Waals surface area contributed by atoms with E-state index in [-0.39, 0.29) is 5.97 Å². The first kappa shape index (κ1) is 53.2. The molecule has 2 nitrogen and oxygen atoms in total. The summed E-state index contributed by atoms with van der Waals surface area (Å²) < 4.78 is 5.48. The maximum Gasteiger partial charge on any atom is 0.305 e. The predicted octanol–water partition coefficient (Wildman–Crippen LogP) is 18.9. The number of carbonyl (C=O) groups excluding carboxylic acids is 1. The second-order valence-corrected chi connectivity index (χ2v) is 17.8. The van der Waals surface area contributed by atoms with Crippen LogP contribution in [0.2, 0.25) is 0 Å². The molecule has 0 radical (unpaired) electrons. The molecule has 0 spiro atoms. The Bertz CT molecular complexity index is 713. The van der Waals surface area contributed by atoms with E-state index >= 15 is 0 Å². The van der Waals surface area contributed by atoms with Crippen LogP contribution in [-0.2, 0) is 9.53 Å². The molecule has 2 heteroatoms. The van der Waals surface area contributed by atoms with Gasteiger partial charge in [0.1, 0.15) is 0 Å². The third kappa shape index (κ3) is 47.4. The standard InChI is InChI=1S/C52H102O2/c1-4-6-7-8-9-10-11-12-27-31-34-37-40-43-46-49-52(53)54-50-47-44-41-38-35-32-29-26-24-22-20-18-16-14-13-15-17-19-21-23-25-28-30-33-36-39-42-45-48-51(3)5-2/h12,27,51H,4-11,13-26,28-50H2,1-3H3/b27-12-. The Kier molecular flexibility index (Phi) is 47.7. The average molecular weight is 759 g/mol. The highest BCUT2D eigenvalue weighted by molar-refractivity contribution is 5.69. The van der Waals surface area contributed by atoms with Crippen LogP contribution in [0.25, 0.3) is 0 Å². The summed E-state index contributed by atoms with van der Waals surface area (Å²) in [6, 6.07) is 0. The van der Waals surface area contributed by atoms with E-state index in [1.54, 1.807) is 0 Å². The molecule has 0 saturated heterocycles. The molecule has 0 fully saturated rings. The Morgan fingerprint density at radius 1 is 0.389 bits per heavy atom. The van der Waals surface area contributed by atoms with Crippen LogP contribution < -0.4 is 0 Å². The van der Waals surface area contributed by atoms with E-state index in [1.165, 1.54) is 257 Å². The lowest BCUT2D eigenvalue weighted by molar-refractivity contribution is -0.143. The van der Waals surface area contributed by atoms with Gasteiger partial charge in [-0.15, -0.1) is 0 Å². The molecule has 1 atom stereocenters. The number of hydrogen-bond donors (Lipinski definition) is 0. The number of ether oxygens (including phenoxy) is 1. The van der Waals surface area contributed by atoms with Crippen LogP contribution >= 0.6 is 0 Å². The Balaban J connectivity index is 3.16. The Morgan fingerprint density at radius 3 is 1.04 bits per heavy atom. The van der Waals surface area contributed by atoms with Crippen molar-refractivity contribution >= 4 is 5.97 Å². The molecule has 0 rings (SSSR count). The Labute approximate surface area is 342 Å². The molecule has 1 unspecified atom stereocenters. The number of esters is 1. The molecule has 0 N–H and O–H groups in total. The van der Waals surface area contributed by atoms with E-state index in [0.717, 1.165) is 25.2 Å². The topological polar surface area (TPSA) is 26.3 Å². The fourth-order valence-electron chi connectivity index (χ4n) is 7.99. The zero-order valence-corrected chi connectivity index (χ0v) is 37.9. The summed E-state index contributed by atoms with van der Waals surface area (Å²) in [7, 11) is 0. The monoisotopic (exact) mass is 759 g/mol. The van der Waals surface area contributed by atoms with Crippen LogP contribution in [0, 0.1) is 5.92 Å². The van der Waals surface area contributed by atoms with Gasteiger partial charge < -0.3 is 4.74 Å². The second kappa shape index (κ2) is 48.4. The van der Waals surface area contributed by atoms with E-state index in [0.29, 0.717) is 13.0 Å². The quantitative estimate of drug-likeness (QED) is 0.0351. The van der Waals surface area contributed by atoms with Gasteiger partial charge >= 0.3 is 5.97 Å². The first-order valence-electron chi connectivity index (χ1n) is 25.5. The van der Waals surface area contributed by atoms with Gasteiger partial charge in [-0.2, -0.15) is 0 Å². The van der Waals surface area contributed by atoms with Gasteiger partial charge in [-0.3, -0.25) is 4.79 Å². The van der Waals surface area contributed by atoms with E-state index in [1.807, 2.05) is 0 Å². The van der Waals surface area contributed by atoms with Gasteiger partial charge in [0.2, 0.25) is 0 Å². The number of carbonyl (C=O) groups is 1. The summed E-state index contributed by atoms with van der Waals surface area (Å²) in [5.74, 6) is 0.960. The Hall–Kier alpha value is -0.790. The lowest BCUT2D eigenvalue weighted by atomic mass is 9.99. The summed E-state index contributed by atoms with van der Waals surface area (Å²) in [6.45, 7) is 7.64. The van der Waals surface area contributed by atoms with Crippen LogP contribution in [-0.4, -0.2) is 12.6 Å². The van der Waals surface area contributed by atoms with Crippen molar-refractivity contribution in [2.24, 2.45) is 5.92 Å².